The van der Waals surface area contributed by atoms with Crippen molar-refractivity contribution < 1.29 is 0 Å². The SMILES string of the molecule is CC1(C)c2c(cc3c4ccccc4n4c3c2C(C)(C)c2ccccc2-4)-n2c3ccccc3c3cccc1c32.CC1(C)c2ccccc2-c2cc3c4cc(-c5nc(-c6ccccc6)nc(-c6ccccc6)n5)cc5c4n(c3cc21)-c1ccccc1C5(C)C.CC1(C)c2ccccc2-c2cc3c4nccc5c4n(c3cc21)-c1ccccc1C5(C)C.CC1(C)c2ccccc2-n2c3ccccc3c3c4sc5ccccc5c4cc1c32. The van der Waals surface area contributed by atoms with Gasteiger partial charge in [-0.3, -0.25) is 4.98 Å². The highest BCUT2D eigenvalue weighted by Gasteiger charge is 2.48. The van der Waals surface area contributed by atoms with Crippen molar-refractivity contribution in [1.82, 2.24) is 42.8 Å². The minimum atomic E-state index is -0.249. The molecule has 0 N–H and O–H groups in total. The van der Waals surface area contributed by atoms with Crippen LogP contribution in [-0.2, 0) is 37.9 Å². The maximum atomic E-state index is 5.16. The molecule has 9 nitrogen and oxygen atoms in total. The highest BCUT2D eigenvalue weighted by Crippen LogP contribution is 2.62. The molecule has 7 aliphatic rings. The molecule has 704 valence electrons. The van der Waals surface area contributed by atoms with E-state index in [9.17, 15) is 0 Å². The molecule has 0 bridgehead atoms. The molecule has 147 heavy (non-hydrogen) atoms. The molecule has 13 heterocycles. The summed E-state index contributed by atoms with van der Waals surface area (Å²) in [6.07, 6.45) is 1.99. The van der Waals surface area contributed by atoms with E-state index in [4.69, 9.17) is 19.9 Å². The molecule has 8 aromatic heterocycles. The summed E-state index contributed by atoms with van der Waals surface area (Å²) in [4.78, 5) is 20.2. The third-order valence-electron chi connectivity index (χ3n) is 35.2. The third-order valence-corrected chi connectivity index (χ3v) is 36.4. The molecule has 0 saturated carbocycles. The fraction of sp³-hybridized carbons (Fsp3) is 0.153. The van der Waals surface area contributed by atoms with Gasteiger partial charge in [-0.2, -0.15) is 0 Å². The maximum absolute atomic E-state index is 5.16. The maximum Gasteiger partial charge on any atom is 0.164 e. The molecule has 0 unspecified atom stereocenters. The number of nitrogens with zero attached hydrogens (tertiary/aromatic N) is 9. The van der Waals surface area contributed by atoms with Crippen molar-refractivity contribution in [2.24, 2.45) is 0 Å². The number of benzene rings is 18. The summed E-state index contributed by atoms with van der Waals surface area (Å²) in [5, 5.41) is 14.6. The lowest BCUT2D eigenvalue weighted by molar-refractivity contribution is 0.568. The summed E-state index contributed by atoms with van der Waals surface area (Å²) in [5.74, 6) is 2.01. The van der Waals surface area contributed by atoms with Crippen molar-refractivity contribution in [2.75, 3.05) is 0 Å². The molecular formula is C137H105N9S. The number of hydrogen-bond acceptors (Lipinski definition) is 5. The Bertz CT molecular complexity index is 10300. The number of rotatable bonds is 3. The van der Waals surface area contributed by atoms with Crippen LogP contribution in [0, 0.1) is 0 Å². The molecule has 10 heteroatoms. The van der Waals surface area contributed by atoms with Crippen LogP contribution < -0.4 is 0 Å². The fourth-order valence-corrected chi connectivity index (χ4v) is 29.3. The molecule has 33 rings (SSSR count). The molecule has 5 aliphatic heterocycles. The quantitative estimate of drug-likeness (QED) is 0.177. The number of para-hydroxylation sites is 8. The topological polar surface area (TPSA) is 76.2 Å². The lowest BCUT2D eigenvalue weighted by Crippen LogP contribution is -2.35. The Labute approximate surface area is 857 Å². The van der Waals surface area contributed by atoms with Gasteiger partial charge in [-0.15, -0.1) is 11.3 Å². The first-order valence-electron chi connectivity index (χ1n) is 51.9. The van der Waals surface area contributed by atoms with E-state index in [2.05, 4.69) is 459 Å². The average molecular weight is 1910 g/mol. The number of pyridine rings is 1. The highest BCUT2D eigenvalue weighted by molar-refractivity contribution is 7.26. The minimum absolute atomic E-state index is 0.0133. The largest absolute Gasteiger partial charge is 0.309 e. The van der Waals surface area contributed by atoms with Crippen LogP contribution in [0.25, 0.3) is 214 Å². The molecule has 2 aliphatic carbocycles. The zero-order chi connectivity index (χ0) is 99.1. The normalized spacial score (nSPS) is 15.7. The van der Waals surface area contributed by atoms with Crippen LogP contribution in [0.3, 0.4) is 0 Å². The lowest BCUT2D eigenvalue weighted by Gasteiger charge is -2.43. The molecule has 0 saturated heterocycles. The molecular weight excluding hydrogens is 1800 g/mol. The summed E-state index contributed by atoms with van der Waals surface area (Å²) in [6, 6.07) is 138. The first kappa shape index (κ1) is 85.9. The first-order chi connectivity index (χ1) is 71.3. The Balaban J connectivity index is 0.0000000925. The fourth-order valence-electron chi connectivity index (χ4n) is 28.1. The number of thiophene rings is 1. The van der Waals surface area contributed by atoms with Gasteiger partial charge in [-0.05, 0) is 203 Å². The molecule has 0 amide bonds. The van der Waals surface area contributed by atoms with Gasteiger partial charge in [-0.25, -0.2) is 15.0 Å². The summed E-state index contributed by atoms with van der Waals surface area (Å²) in [6.45, 7) is 33.3. The van der Waals surface area contributed by atoms with Crippen LogP contribution >= 0.6 is 11.3 Å². The molecule has 26 aromatic rings. The molecule has 18 aromatic carbocycles. The second-order valence-corrected chi connectivity index (χ2v) is 46.5. The van der Waals surface area contributed by atoms with Gasteiger partial charge in [0.05, 0.1) is 89.1 Å². The van der Waals surface area contributed by atoms with Crippen molar-refractivity contribution in [3.05, 3.63) is 460 Å². The van der Waals surface area contributed by atoms with Crippen LogP contribution in [0.4, 0.5) is 0 Å². The van der Waals surface area contributed by atoms with Gasteiger partial charge in [-0.1, -0.05) is 370 Å². The molecule has 0 spiro atoms. The van der Waals surface area contributed by atoms with E-state index in [1.54, 1.807) is 0 Å². The Kier molecular flexibility index (Phi) is 17.4. The van der Waals surface area contributed by atoms with Gasteiger partial charge in [0.2, 0.25) is 0 Å². The monoisotopic (exact) mass is 1910 g/mol. The summed E-state index contributed by atoms with van der Waals surface area (Å²) in [5.41, 5.74) is 47.5. The van der Waals surface area contributed by atoms with Gasteiger partial charge in [0.1, 0.15) is 0 Å². The standard InChI is InChI=1S/C45H34N4.C36H28N2.C29H24N2.C27H19NS/c1-44(2)34-20-12-11-19-30(34)31-25-32-33-23-29(43-47-41(27-15-7-5-8-16-27)46-42(48-43)28-17-9-6-10-18-28)24-37-40(33)49(39(32)26-36(31)44)38-22-14-13-21-35(38)45(37,3)4;1-35(2)25-15-7-10-19-29(25)37-28-18-9-6-13-22(28)24-20-30-31(32(35)34(24)37)36(3,4)26-16-11-14-23-21-12-5-8-17-27(21)38(30)33(23)26;1-28(2)20-10-6-5-9-17(20)18-15-19-25(16-23(18)28)31-24-12-8-7-11-21(24)29(3,4)22-13-14-30-26(19)27(22)31;1-27(2)19-11-5-7-13-22(19)28-21-12-6-3-10-17(21)24-25(28)20(27)15-18-16-9-4-8-14-23(16)29-26(18)24/h5-26H,1-4H3;5-20H,1-4H3;5-16H,1-4H3;3-15H,1-2H3. The van der Waals surface area contributed by atoms with Gasteiger partial charge in [0, 0.05) is 129 Å². The molecule has 0 fully saturated rings. The second-order valence-electron chi connectivity index (χ2n) is 45.5. The Morgan fingerprint density at radius 2 is 0.585 bits per heavy atom. The van der Waals surface area contributed by atoms with E-state index in [-0.39, 0.29) is 37.9 Å². The average Bonchev–Trinajstić information content (AvgIpc) is 1.39. The number of fused-ring (bicyclic) bond motifs is 36. The van der Waals surface area contributed by atoms with Crippen LogP contribution in [-0.4, -0.2) is 42.8 Å². The van der Waals surface area contributed by atoms with Crippen molar-refractivity contribution in [3.8, 4) is 84.9 Å². The number of hydrogen-bond donors (Lipinski definition) is 0. The molecule has 0 radical (unpaired) electrons. The van der Waals surface area contributed by atoms with Crippen molar-refractivity contribution in [2.45, 2.75) is 135 Å². The van der Waals surface area contributed by atoms with Crippen molar-refractivity contribution >= 4 is 141 Å². The summed E-state index contributed by atoms with van der Waals surface area (Å²) >= 11 is 1.93. The van der Waals surface area contributed by atoms with Crippen molar-refractivity contribution in [3.63, 3.8) is 0 Å². The Morgan fingerprint density at radius 3 is 1.16 bits per heavy atom. The Hall–Kier alpha value is -16.7. The van der Waals surface area contributed by atoms with E-state index in [0.29, 0.717) is 17.5 Å². The zero-order valence-corrected chi connectivity index (χ0v) is 85.6. The Morgan fingerprint density at radius 1 is 0.204 bits per heavy atom. The van der Waals surface area contributed by atoms with E-state index in [1.165, 1.54) is 252 Å². The lowest BCUT2D eigenvalue weighted by atomic mass is 9.65. The van der Waals surface area contributed by atoms with Gasteiger partial charge in [0.15, 0.2) is 17.5 Å². The van der Waals surface area contributed by atoms with Gasteiger partial charge >= 0.3 is 0 Å². The van der Waals surface area contributed by atoms with Gasteiger partial charge in [0.25, 0.3) is 0 Å². The first-order valence-corrected chi connectivity index (χ1v) is 52.7. The number of aromatic nitrogens is 9. The third kappa shape index (κ3) is 11.4. The van der Waals surface area contributed by atoms with E-state index in [0.717, 1.165) is 22.2 Å². The zero-order valence-electron chi connectivity index (χ0n) is 84.8. The van der Waals surface area contributed by atoms with E-state index >= 15 is 0 Å². The predicted octanol–water partition coefficient (Wildman–Crippen LogP) is 35.0. The molecule has 0 atom stereocenters. The smallest absolute Gasteiger partial charge is 0.164 e. The summed E-state index contributed by atoms with van der Waals surface area (Å²) in [7, 11) is 0. The van der Waals surface area contributed by atoms with Crippen molar-refractivity contribution in [1.29, 1.82) is 0 Å². The van der Waals surface area contributed by atoms with Crippen LogP contribution in [0.1, 0.15) is 175 Å². The van der Waals surface area contributed by atoms with Gasteiger partial charge < -0.3 is 22.8 Å². The van der Waals surface area contributed by atoms with Crippen LogP contribution in [0.2, 0.25) is 0 Å². The summed E-state index contributed by atoms with van der Waals surface area (Å²) < 4.78 is 15.4. The van der Waals surface area contributed by atoms with Crippen LogP contribution in [0.15, 0.2) is 382 Å². The predicted molar refractivity (Wildman–Crippen MR) is 614 cm³/mol. The highest BCUT2D eigenvalue weighted by atomic mass is 32.1. The van der Waals surface area contributed by atoms with E-state index in [1.807, 2.05) is 53.9 Å². The van der Waals surface area contributed by atoms with E-state index < -0.39 is 0 Å². The minimum Gasteiger partial charge on any atom is -0.309 e. The van der Waals surface area contributed by atoms with Crippen LogP contribution in [0.5, 0.6) is 0 Å². The second kappa shape index (κ2) is 29.8.